The highest BCUT2D eigenvalue weighted by molar-refractivity contribution is 5.81. The molecule has 2 unspecified atom stereocenters. The van der Waals surface area contributed by atoms with Crippen molar-refractivity contribution < 1.29 is 14.3 Å². The largest absolute Gasteiger partial charge is 0.489 e. The van der Waals surface area contributed by atoms with Gasteiger partial charge in [0, 0.05) is 38.0 Å². The van der Waals surface area contributed by atoms with E-state index in [-0.39, 0.29) is 17.9 Å². The van der Waals surface area contributed by atoms with Crippen molar-refractivity contribution in [3.8, 4) is 22.9 Å². The van der Waals surface area contributed by atoms with Crippen LogP contribution in [0.25, 0.3) is 11.1 Å². The molecule has 7 nitrogen and oxygen atoms in total. The predicted molar refractivity (Wildman–Crippen MR) is 111 cm³/mol. The number of carbonyl (C=O) groups is 1. The number of hydrogen-bond acceptors (Lipinski definition) is 6. The van der Waals surface area contributed by atoms with E-state index < -0.39 is 0 Å². The lowest BCUT2D eigenvalue weighted by Gasteiger charge is -2.24. The zero-order valence-electron chi connectivity index (χ0n) is 16.7. The standard InChI is InChI=1S/C23H24N4O3/c24-11-16-9-14(1-2-20(16)30-17-4-7-29-8-5-17)15-3-6-26-21(10-15)27-12-18-19(13-27)22(18)23(25)28/h1-3,6,9-10,17-19,22H,4-5,7-8,12-13H2,(H2,25,28). The van der Waals surface area contributed by atoms with Gasteiger partial charge < -0.3 is 20.1 Å². The van der Waals surface area contributed by atoms with Crippen LogP contribution < -0.4 is 15.4 Å². The van der Waals surface area contributed by atoms with Crippen LogP contribution in [0.3, 0.4) is 0 Å². The predicted octanol–water partition coefficient (Wildman–Crippen LogP) is 2.35. The van der Waals surface area contributed by atoms with Gasteiger partial charge in [-0.1, -0.05) is 6.07 Å². The van der Waals surface area contributed by atoms with E-state index in [1.165, 1.54) is 0 Å². The van der Waals surface area contributed by atoms with Crippen LogP contribution in [-0.4, -0.2) is 43.3 Å². The van der Waals surface area contributed by atoms with Crippen molar-refractivity contribution in [2.24, 2.45) is 23.5 Å². The van der Waals surface area contributed by atoms with E-state index in [1.54, 1.807) is 6.20 Å². The molecule has 0 bridgehead atoms. The van der Waals surface area contributed by atoms with E-state index >= 15 is 0 Å². The summed E-state index contributed by atoms with van der Waals surface area (Å²) in [4.78, 5) is 18.1. The zero-order chi connectivity index (χ0) is 20.7. The number of benzene rings is 1. The van der Waals surface area contributed by atoms with Crippen molar-refractivity contribution in [3.63, 3.8) is 0 Å². The Hall–Kier alpha value is -3.11. The highest BCUT2D eigenvalue weighted by atomic mass is 16.5. The van der Waals surface area contributed by atoms with E-state index in [4.69, 9.17) is 15.2 Å². The number of pyridine rings is 1. The van der Waals surface area contributed by atoms with Gasteiger partial charge in [-0.3, -0.25) is 4.79 Å². The molecule has 2 aliphatic heterocycles. The first kappa shape index (κ1) is 18.9. The third kappa shape index (κ3) is 3.48. The van der Waals surface area contributed by atoms with Gasteiger partial charge in [0.05, 0.1) is 18.8 Å². The smallest absolute Gasteiger partial charge is 0.221 e. The number of aromatic nitrogens is 1. The molecule has 5 rings (SSSR count). The first-order valence-electron chi connectivity index (χ1n) is 10.4. The second-order valence-corrected chi connectivity index (χ2v) is 8.32. The molecule has 1 aromatic carbocycles. The number of nitrogens with two attached hydrogens (primary N) is 1. The average Bonchev–Trinajstić information content (AvgIpc) is 3.29. The van der Waals surface area contributed by atoms with Crippen LogP contribution in [0.2, 0.25) is 0 Å². The van der Waals surface area contributed by atoms with E-state index in [0.717, 1.165) is 42.9 Å². The molecule has 2 aromatic rings. The van der Waals surface area contributed by atoms with Gasteiger partial charge in [0.25, 0.3) is 0 Å². The lowest BCUT2D eigenvalue weighted by molar-refractivity contribution is -0.119. The van der Waals surface area contributed by atoms with E-state index in [2.05, 4.69) is 16.0 Å². The minimum absolute atomic E-state index is 0.0332. The molecule has 2 N–H and O–H groups in total. The van der Waals surface area contributed by atoms with Gasteiger partial charge in [0.2, 0.25) is 5.91 Å². The lowest BCUT2D eigenvalue weighted by Crippen LogP contribution is -2.28. The number of rotatable bonds is 5. The Morgan fingerprint density at radius 1 is 1.17 bits per heavy atom. The molecule has 0 radical (unpaired) electrons. The summed E-state index contributed by atoms with van der Waals surface area (Å²) in [7, 11) is 0. The van der Waals surface area contributed by atoms with Gasteiger partial charge in [0.15, 0.2) is 0 Å². The fraction of sp³-hybridized carbons (Fsp3) is 0.435. The molecule has 3 heterocycles. The van der Waals surface area contributed by atoms with Crippen molar-refractivity contribution in [1.29, 1.82) is 5.26 Å². The lowest BCUT2D eigenvalue weighted by atomic mass is 10.0. The Morgan fingerprint density at radius 3 is 2.60 bits per heavy atom. The second-order valence-electron chi connectivity index (χ2n) is 8.32. The Morgan fingerprint density at radius 2 is 1.90 bits per heavy atom. The van der Waals surface area contributed by atoms with Gasteiger partial charge in [-0.2, -0.15) is 5.26 Å². The summed E-state index contributed by atoms with van der Waals surface area (Å²) in [6.07, 6.45) is 3.57. The average molecular weight is 404 g/mol. The highest BCUT2D eigenvalue weighted by Gasteiger charge is 2.58. The number of fused-ring (bicyclic) bond motifs is 1. The summed E-state index contributed by atoms with van der Waals surface area (Å²) < 4.78 is 11.4. The van der Waals surface area contributed by atoms with Crippen LogP contribution in [-0.2, 0) is 9.53 Å². The zero-order valence-corrected chi connectivity index (χ0v) is 16.7. The Labute approximate surface area is 175 Å². The molecular weight excluding hydrogens is 380 g/mol. The third-order valence-electron chi connectivity index (χ3n) is 6.49. The van der Waals surface area contributed by atoms with Gasteiger partial charge in [-0.15, -0.1) is 0 Å². The van der Waals surface area contributed by atoms with Crippen LogP contribution in [0, 0.1) is 29.1 Å². The maximum atomic E-state index is 11.4. The number of anilines is 1. The number of amides is 1. The van der Waals surface area contributed by atoms with Crippen LogP contribution in [0.4, 0.5) is 5.82 Å². The Balaban J connectivity index is 1.33. The topological polar surface area (TPSA) is 101 Å². The molecule has 1 amide bonds. The van der Waals surface area contributed by atoms with Crippen LogP contribution >= 0.6 is 0 Å². The number of hydrogen-bond donors (Lipinski definition) is 1. The number of nitriles is 1. The Kier molecular flexibility index (Phi) is 4.80. The van der Waals surface area contributed by atoms with Crippen LogP contribution in [0.1, 0.15) is 18.4 Å². The molecule has 7 heteroatoms. The maximum absolute atomic E-state index is 11.4. The third-order valence-corrected chi connectivity index (χ3v) is 6.49. The number of nitrogens with zero attached hydrogens (tertiary/aromatic N) is 3. The van der Waals surface area contributed by atoms with Crippen molar-refractivity contribution in [3.05, 3.63) is 42.1 Å². The number of ether oxygens (including phenoxy) is 2. The van der Waals surface area contributed by atoms with Gasteiger partial charge in [0.1, 0.15) is 23.7 Å². The molecule has 154 valence electrons. The first-order chi connectivity index (χ1) is 14.6. The fourth-order valence-electron chi connectivity index (χ4n) is 4.78. The summed E-state index contributed by atoms with van der Waals surface area (Å²) in [5.74, 6) is 2.09. The summed E-state index contributed by atoms with van der Waals surface area (Å²) in [6.45, 7) is 3.03. The van der Waals surface area contributed by atoms with Gasteiger partial charge in [-0.05, 0) is 47.2 Å². The molecule has 1 saturated carbocycles. The minimum atomic E-state index is -0.182. The normalized spacial score (nSPS) is 25.4. The summed E-state index contributed by atoms with van der Waals surface area (Å²) in [5, 5.41) is 9.64. The fourth-order valence-corrected chi connectivity index (χ4v) is 4.78. The molecule has 1 aliphatic carbocycles. The van der Waals surface area contributed by atoms with E-state index in [1.807, 2.05) is 30.3 Å². The van der Waals surface area contributed by atoms with Crippen molar-refractivity contribution in [2.45, 2.75) is 18.9 Å². The SMILES string of the molecule is N#Cc1cc(-c2ccnc(N3CC4C(C3)C4C(N)=O)c2)ccc1OC1CCOCC1. The van der Waals surface area contributed by atoms with Crippen LogP contribution in [0.5, 0.6) is 5.75 Å². The monoisotopic (exact) mass is 404 g/mol. The molecule has 3 aliphatic rings. The molecule has 2 atom stereocenters. The molecular formula is C23H24N4O3. The summed E-state index contributed by atoms with van der Waals surface area (Å²) >= 11 is 0. The number of carbonyl (C=O) groups excluding carboxylic acids is 1. The quantitative estimate of drug-likeness (QED) is 0.821. The summed E-state index contributed by atoms with van der Waals surface area (Å²) in [5.41, 5.74) is 7.94. The van der Waals surface area contributed by atoms with Crippen LogP contribution in [0.15, 0.2) is 36.5 Å². The molecule has 0 spiro atoms. The molecule has 2 saturated heterocycles. The van der Waals surface area contributed by atoms with Gasteiger partial charge in [-0.25, -0.2) is 4.98 Å². The van der Waals surface area contributed by atoms with Gasteiger partial charge >= 0.3 is 0 Å². The molecule has 30 heavy (non-hydrogen) atoms. The van der Waals surface area contributed by atoms with Crippen molar-refractivity contribution in [1.82, 2.24) is 4.98 Å². The van der Waals surface area contributed by atoms with E-state index in [9.17, 15) is 10.1 Å². The Bertz CT molecular complexity index is 1000. The number of piperidine rings is 1. The minimum Gasteiger partial charge on any atom is -0.489 e. The van der Waals surface area contributed by atoms with E-state index in [0.29, 0.717) is 36.4 Å². The van der Waals surface area contributed by atoms with Crippen molar-refractivity contribution >= 4 is 11.7 Å². The second kappa shape index (κ2) is 7.62. The molecule has 3 fully saturated rings. The number of primary amides is 1. The first-order valence-corrected chi connectivity index (χ1v) is 10.4. The summed E-state index contributed by atoms with van der Waals surface area (Å²) in [6, 6.07) is 12.0. The molecule has 1 aromatic heterocycles. The van der Waals surface area contributed by atoms with Crippen molar-refractivity contribution in [2.75, 3.05) is 31.2 Å². The maximum Gasteiger partial charge on any atom is 0.221 e. The highest BCUT2D eigenvalue weighted by Crippen LogP contribution is 2.52.